The fraction of sp³-hybridized carbons (Fsp3) is 0.375. The van der Waals surface area contributed by atoms with Crippen LogP contribution in [0, 0.1) is 5.92 Å². The van der Waals surface area contributed by atoms with Gasteiger partial charge in [0, 0.05) is 5.56 Å². The van der Waals surface area contributed by atoms with Crippen molar-refractivity contribution in [1.82, 2.24) is 20.1 Å². The highest BCUT2D eigenvalue weighted by atomic mass is 16.4. The van der Waals surface area contributed by atoms with E-state index in [-0.39, 0.29) is 18.2 Å². The van der Waals surface area contributed by atoms with Crippen molar-refractivity contribution in [1.29, 1.82) is 0 Å². The number of aromatic nitrogens is 3. The van der Waals surface area contributed by atoms with Crippen LogP contribution in [0.25, 0.3) is 5.69 Å². The average molecular weight is 316 g/mol. The Balaban J connectivity index is 2.23. The normalized spacial score (nSPS) is 13.6. The van der Waals surface area contributed by atoms with Crippen LogP contribution in [0.5, 0.6) is 0 Å². The molecule has 0 aliphatic heterocycles. The van der Waals surface area contributed by atoms with Crippen LogP contribution in [0.15, 0.2) is 36.9 Å². The van der Waals surface area contributed by atoms with Crippen LogP contribution in [0.4, 0.5) is 0 Å². The number of carboxylic acids is 1. The Labute approximate surface area is 134 Å². The molecule has 1 atom stereocenters. The van der Waals surface area contributed by atoms with Gasteiger partial charge in [-0.15, -0.1) is 0 Å². The maximum Gasteiger partial charge on any atom is 0.305 e. The number of nitrogens with one attached hydrogen (secondary N) is 1. The molecule has 1 heterocycles. The number of hydrogen-bond acceptors (Lipinski definition) is 4. The van der Waals surface area contributed by atoms with E-state index in [1.165, 1.54) is 6.33 Å². The zero-order valence-electron chi connectivity index (χ0n) is 13.4. The van der Waals surface area contributed by atoms with Crippen molar-refractivity contribution in [3.05, 3.63) is 42.5 Å². The fourth-order valence-corrected chi connectivity index (χ4v) is 2.17. The molecule has 0 spiro atoms. The molecular formula is C16H20N4O3. The summed E-state index contributed by atoms with van der Waals surface area (Å²) in [5.41, 5.74) is 0.321. The van der Waals surface area contributed by atoms with Gasteiger partial charge in [-0.05, 0) is 31.0 Å². The van der Waals surface area contributed by atoms with E-state index in [9.17, 15) is 9.59 Å². The molecule has 0 saturated heterocycles. The molecule has 0 aliphatic carbocycles. The summed E-state index contributed by atoms with van der Waals surface area (Å²) in [6, 6.07) is 6.92. The molecule has 1 amide bonds. The predicted molar refractivity (Wildman–Crippen MR) is 84.3 cm³/mol. The Hall–Kier alpha value is -2.70. The Kier molecular flexibility index (Phi) is 4.78. The number of carbonyl (C=O) groups excluding carboxylic acids is 1. The number of rotatable bonds is 6. The highest BCUT2D eigenvalue weighted by Gasteiger charge is 2.33. The van der Waals surface area contributed by atoms with E-state index in [4.69, 9.17) is 5.11 Å². The van der Waals surface area contributed by atoms with Gasteiger partial charge in [0.2, 0.25) is 0 Å². The summed E-state index contributed by atoms with van der Waals surface area (Å²) in [6.45, 7) is 5.51. The standard InChI is InChI=1S/C16H20N4O3/c1-11(2)16(3,8-14(21)22)19-15(23)12-5-4-6-13(7-12)20-10-17-9-18-20/h4-7,9-11H,8H2,1-3H3,(H,19,23)(H,21,22). The first-order valence-electron chi connectivity index (χ1n) is 7.31. The van der Waals surface area contributed by atoms with E-state index in [2.05, 4.69) is 15.4 Å². The average Bonchev–Trinajstić information content (AvgIpc) is 3.00. The van der Waals surface area contributed by atoms with Crippen LogP contribution in [0.3, 0.4) is 0 Å². The quantitative estimate of drug-likeness (QED) is 0.848. The van der Waals surface area contributed by atoms with Crippen molar-refractivity contribution in [2.75, 3.05) is 0 Å². The van der Waals surface area contributed by atoms with Gasteiger partial charge in [0.15, 0.2) is 0 Å². The third kappa shape index (κ3) is 3.94. The third-order valence-corrected chi connectivity index (χ3v) is 3.98. The zero-order valence-corrected chi connectivity index (χ0v) is 13.4. The SMILES string of the molecule is CC(C)C(C)(CC(=O)O)NC(=O)c1cccc(-n2cncn2)c1. The van der Waals surface area contributed by atoms with Gasteiger partial charge in [0.05, 0.1) is 17.6 Å². The molecule has 2 aromatic rings. The number of amides is 1. The minimum atomic E-state index is -0.946. The Morgan fingerprint density at radius 1 is 1.39 bits per heavy atom. The first-order valence-corrected chi connectivity index (χ1v) is 7.31. The lowest BCUT2D eigenvalue weighted by Gasteiger charge is -2.33. The Morgan fingerprint density at radius 2 is 2.13 bits per heavy atom. The van der Waals surface area contributed by atoms with Crippen molar-refractivity contribution in [3.63, 3.8) is 0 Å². The van der Waals surface area contributed by atoms with E-state index in [1.54, 1.807) is 36.1 Å². The lowest BCUT2D eigenvalue weighted by molar-refractivity contribution is -0.138. The summed E-state index contributed by atoms with van der Waals surface area (Å²) in [5, 5.41) is 16.0. The maximum atomic E-state index is 12.5. The summed E-state index contributed by atoms with van der Waals surface area (Å²) >= 11 is 0. The van der Waals surface area contributed by atoms with Gasteiger partial charge in [-0.3, -0.25) is 9.59 Å². The molecule has 0 aliphatic rings. The second-order valence-electron chi connectivity index (χ2n) is 5.99. The second-order valence-corrected chi connectivity index (χ2v) is 5.99. The van der Waals surface area contributed by atoms with Crippen molar-refractivity contribution in [2.24, 2.45) is 5.92 Å². The number of aliphatic carboxylic acids is 1. The topological polar surface area (TPSA) is 97.1 Å². The molecule has 7 nitrogen and oxygen atoms in total. The Morgan fingerprint density at radius 3 is 2.70 bits per heavy atom. The van der Waals surface area contributed by atoms with Crippen LogP contribution in [0.1, 0.15) is 37.6 Å². The Bertz CT molecular complexity index is 697. The van der Waals surface area contributed by atoms with E-state index < -0.39 is 11.5 Å². The minimum absolute atomic E-state index is 0.0268. The molecule has 2 N–H and O–H groups in total. The van der Waals surface area contributed by atoms with Crippen molar-refractivity contribution >= 4 is 11.9 Å². The summed E-state index contributed by atoms with van der Waals surface area (Å²) < 4.78 is 1.55. The van der Waals surface area contributed by atoms with Crippen molar-refractivity contribution < 1.29 is 14.7 Å². The zero-order chi connectivity index (χ0) is 17.0. The van der Waals surface area contributed by atoms with Crippen LogP contribution in [-0.2, 0) is 4.79 Å². The highest BCUT2D eigenvalue weighted by molar-refractivity contribution is 5.95. The molecule has 7 heteroatoms. The largest absolute Gasteiger partial charge is 0.481 e. The van der Waals surface area contributed by atoms with E-state index in [1.807, 2.05) is 19.9 Å². The first kappa shape index (κ1) is 16.7. The van der Waals surface area contributed by atoms with Gasteiger partial charge in [0.25, 0.3) is 5.91 Å². The molecular weight excluding hydrogens is 296 g/mol. The lowest BCUT2D eigenvalue weighted by atomic mass is 9.85. The molecule has 0 radical (unpaired) electrons. The smallest absolute Gasteiger partial charge is 0.305 e. The third-order valence-electron chi connectivity index (χ3n) is 3.98. The van der Waals surface area contributed by atoms with Crippen molar-refractivity contribution in [2.45, 2.75) is 32.7 Å². The first-order chi connectivity index (χ1) is 10.8. The number of benzene rings is 1. The lowest BCUT2D eigenvalue weighted by Crippen LogP contribution is -2.51. The maximum absolute atomic E-state index is 12.5. The van der Waals surface area contributed by atoms with E-state index in [0.29, 0.717) is 11.3 Å². The monoisotopic (exact) mass is 316 g/mol. The number of carboxylic acid groups (broad SMARTS) is 1. The number of hydrogen-bond donors (Lipinski definition) is 2. The van der Waals surface area contributed by atoms with Crippen LogP contribution in [0.2, 0.25) is 0 Å². The predicted octanol–water partition coefficient (Wildman–Crippen LogP) is 1.89. The van der Waals surface area contributed by atoms with Crippen LogP contribution in [-0.4, -0.2) is 37.3 Å². The van der Waals surface area contributed by atoms with Gasteiger partial charge in [-0.1, -0.05) is 19.9 Å². The van der Waals surface area contributed by atoms with Gasteiger partial charge in [0.1, 0.15) is 12.7 Å². The molecule has 1 unspecified atom stereocenters. The van der Waals surface area contributed by atoms with Gasteiger partial charge < -0.3 is 10.4 Å². The molecule has 23 heavy (non-hydrogen) atoms. The van der Waals surface area contributed by atoms with Crippen molar-refractivity contribution in [3.8, 4) is 5.69 Å². The molecule has 1 aromatic carbocycles. The number of nitrogens with zero attached hydrogens (tertiary/aromatic N) is 3. The number of carbonyl (C=O) groups is 2. The van der Waals surface area contributed by atoms with Gasteiger partial charge in [-0.25, -0.2) is 9.67 Å². The van der Waals surface area contributed by atoms with Gasteiger partial charge in [-0.2, -0.15) is 5.10 Å². The summed E-state index contributed by atoms with van der Waals surface area (Å²) in [5.74, 6) is -1.29. The molecule has 1 aromatic heterocycles. The summed E-state index contributed by atoms with van der Waals surface area (Å²) in [4.78, 5) is 27.5. The molecule has 122 valence electrons. The summed E-state index contributed by atoms with van der Waals surface area (Å²) in [6.07, 6.45) is 2.81. The van der Waals surface area contributed by atoms with Gasteiger partial charge >= 0.3 is 5.97 Å². The minimum Gasteiger partial charge on any atom is -0.481 e. The summed E-state index contributed by atoms with van der Waals surface area (Å²) in [7, 11) is 0. The highest BCUT2D eigenvalue weighted by Crippen LogP contribution is 2.22. The van der Waals surface area contributed by atoms with E-state index in [0.717, 1.165) is 0 Å². The molecule has 2 rings (SSSR count). The second kappa shape index (κ2) is 6.60. The van der Waals surface area contributed by atoms with Crippen LogP contribution >= 0.6 is 0 Å². The van der Waals surface area contributed by atoms with E-state index >= 15 is 0 Å². The fourth-order valence-electron chi connectivity index (χ4n) is 2.17. The molecule has 0 bridgehead atoms. The molecule has 0 saturated carbocycles. The molecule has 0 fully saturated rings. The van der Waals surface area contributed by atoms with Crippen LogP contribution < -0.4 is 5.32 Å².